The molecule has 36 heavy (non-hydrogen) atoms. The average Bonchev–Trinajstić information content (AvgIpc) is 2.94. The van der Waals surface area contributed by atoms with Gasteiger partial charge in [0.05, 0.1) is 1.37 Å². The fourth-order valence-corrected chi connectivity index (χ4v) is 5.29. The zero-order valence-electron chi connectivity index (χ0n) is 29.7. The molecule has 1 saturated carbocycles. The van der Waals surface area contributed by atoms with E-state index >= 15 is 0 Å². The fourth-order valence-electron chi connectivity index (χ4n) is 5.29. The molecule has 3 aromatic carbocycles. The molecule has 1 heteroatoms. The SMILES string of the molecule is [2H]c1cc(-c2ccc(C3([2H])CCC(C)(C)CC3)cc2)cc(C([2H])([2H])[2H])c1-c1cc(-c2ccccc2C)[n+](C)cc1C([2H])([2H])[2H]. The Morgan fingerprint density at radius 1 is 0.833 bits per heavy atom. The number of hydrogen-bond donors (Lipinski definition) is 0. The molecule has 184 valence electrons. The number of pyridine rings is 1. The van der Waals surface area contributed by atoms with Crippen LogP contribution in [0.5, 0.6) is 0 Å². The molecule has 0 saturated heterocycles. The number of nitrogens with zero attached hydrogens (tertiary/aromatic N) is 1. The molecule has 1 aliphatic carbocycles. The standard InChI is InChI=1S/C35H40N/c1-24-9-7-8-10-32(24)34-22-33(26(3)23-36(34)6)31-16-15-30(21-25(31)2)28-13-11-27(12-14-28)29-17-19-35(4,5)20-18-29/h7-16,21-23,29H,17-20H2,1-6H3/q+1/i2D3,3D3,16D,29D. The Labute approximate surface area is 229 Å². The lowest BCUT2D eigenvalue weighted by molar-refractivity contribution is -0.660. The molecule has 0 bridgehead atoms. The second-order valence-electron chi connectivity index (χ2n) is 10.9. The van der Waals surface area contributed by atoms with E-state index < -0.39 is 19.6 Å². The van der Waals surface area contributed by atoms with Gasteiger partial charge in [-0.1, -0.05) is 74.5 Å². The molecule has 0 atom stereocenters. The molecule has 1 nitrogen and oxygen atoms in total. The van der Waals surface area contributed by atoms with Gasteiger partial charge >= 0.3 is 0 Å². The van der Waals surface area contributed by atoms with Gasteiger partial charge in [0.1, 0.15) is 7.05 Å². The van der Waals surface area contributed by atoms with Crippen molar-refractivity contribution in [3.05, 3.63) is 101 Å². The van der Waals surface area contributed by atoms with Crippen molar-refractivity contribution < 1.29 is 15.5 Å². The molecule has 0 N–H and O–H groups in total. The highest BCUT2D eigenvalue weighted by molar-refractivity contribution is 5.77. The largest absolute Gasteiger partial charge is 0.213 e. The van der Waals surface area contributed by atoms with E-state index in [-0.39, 0.29) is 33.7 Å². The molecule has 0 aliphatic heterocycles. The highest BCUT2D eigenvalue weighted by atomic mass is 14.9. The van der Waals surface area contributed by atoms with E-state index in [9.17, 15) is 0 Å². The maximum absolute atomic E-state index is 9.11. The van der Waals surface area contributed by atoms with Gasteiger partial charge in [0.15, 0.2) is 6.20 Å². The van der Waals surface area contributed by atoms with E-state index in [0.717, 1.165) is 53.6 Å². The Bertz CT molecular complexity index is 1690. The molecule has 0 amide bonds. The van der Waals surface area contributed by atoms with Crippen LogP contribution in [0.25, 0.3) is 33.5 Å². The number of benzene rings is 3. The van der Waals surface area contributed by atoms with Crippen molar-refractivity contribution in [1.82, 2.24) is 0 Å². The maximum atomic E-state index is 9.11. The van der Waals surface area contributed by atoms with Gasteiger partial charge in [0.2, 0.25) is 5.69 Å². The van der Waals surface area contributed by atoms with Crippen LogP contribution in [-0.2, 0) is 7.05 Å². The topological polar surface area (TPSA) is 3.88 Å². The van der Waals surface area contributed by atoms with E-state index in [1.807, 2.05) is 55.5 Å². The summed E-state index contributed by atoms with van der Waals surface area (Å²) < 4.78 is 70.2. The Hall–Kier alpha value is -3.19. The number of aryl methyl sites for hydroxylation is 4. The summed E-state index contributed by atoms with van der Waals surface area (Å²) in [5.74, 6) is -0.647. The fraction of sp³-hybridized carbons (Fsp3) is 0.343. The molecule has 4 aromatic rings. The number of hydrogen-bond acceptors (Lipinski definition) is 0. The molecule has 0 spiro atoms. The van der Waals surface area contributed by atoms with Gasteiger partial charge in [-0.15, -0.1) is 0 Å². The molecule has 1 heterocycles. The molecular formula is C35H40N+. The molecule has 1 aromatic heterocycles. The van der Waals surface area contributed by atoms with Crippen LogP contribution < -0.4 is 4.57 Å². The number of rotatable bonds is 4. The van der Waals surface area contributed by atoms with Crippen molar-refractivity contribution in [3.8, 4) is 33.5 Å². The molecular weight excluding hydrogens is 434 g/mol. The van der Waals surface area contributed by atoms with Gasteiger partial charge < -0.3 is 0 Å². The summed E-state index contributed by atoms with van der Waals surface area (Å²) in [6.45, 7) is 1.33. The summed E-state index contributed by atoms with van der Waals surface area (Å²) in [6.07, 6.45) is 5.09. The molecule has 0 radical (unpaired) electrons. The first-order valence-corrected chi connectivity index (χ1v) is 12.8. The minimum absolute atomic E-state index is 0.00941. The highest BCUT2D eigenvalue weighted by Crippen LogP contribution is 2.42. The van der Waals surface area contributed by atoms with E-state index in [4.69, 9.17) is 11.0 Å². The zero-order valence-corrected chi connectivity index (χ0v) is 21.7. The van der Waals surface area contributed by atoms with E-state index in [1.165, 1.54) is 6.20 Å². The van der Waals surface area contributed by atoms with Crippen LogP contribution in [0.1, 0.15) is 78.6 Å². The minimum atomic E-state index is -2.60. The third-order valence-corrected chi connectivity index (χ3v) is 7.74. The summed E-state index contributed by atoms with van der Waals surface area (Å²) in [4.78, 5) is 0. The Kier molecular flexibility index (Phi) is 4.45. The molecule has 0 unspecified atom stereocenters. The maximum Gasteiger partial charge on any atom is 0.213 e. The molecule has 1 aliphatic rings. The van der Waals surface area contributed by atoms with Crippen LogP contribution in [0.2, 0.25) is 0 Å². The summed E-state index contributed by atoms with van der Waals surface area (Å²) in [5, 5.41) is 0. The van der Waals surface area contributed by atoms with Crippen molar-refractivity contribution in [2.45, 2.75) is 66.1 Å². The zero-order chi connectivity index (χ0) is 32.2. The van der Waals surface area contributed by atoms with Gasteiger partial charge in [0, 0.05) is 26.8 Å². The van der Waals surface area contributed by atoms with E-state index in [0.29, 0.717) is 5.56 Å². The van der Waals surface area contributed by atoms with Crippen molar-refractivity contribution in [2.75, 3.05) is 0 Å². The van der Waals surface area contributed by atoms with Crippen LogP contribution in [0.15, 0.2) is 79.0 Å². The lowest BCUT2D eigenvalue weighted by Crippen LogP contribution is -2.31. The lowest BCUT2D eigenvalue weighted by atomic mass is 9.71. The van der Waals surface area contributed by atoms with Crippen LogP contribution in [-0.4, -0.2) is 0 Å². The van der Waals surface area contributed by atoms with Gasteiger partial charge in [-0.3, -0.25) is 0 Å². The Morgan fingerprint density at radius 2 is 1.56 bits per heavy atom. The second kappa shape index (κ2) is 9.69. The van der Waals surface area contributed by atoms with E-state index in [2.05, 4.69) is 13.8 Å². The van der Waals surface area contributed by atoms with Crippen LogP contribution in [0, 0.1) is 26.0 Å². The van der Waals surface area contributed by atoms with Crippen LogP contribution in [0.3, 0.4) is 0 Å². The first kappa shape index (κ1) is 16.5. The molecule has 5 rings (SSSR count). The van der Waals surface area contributed by atoms with Crippen molar-refractivity contribution >= 4 is 0 Å². The van der Waals surface area contributed by atoms with E-state index in [1.54, 1.807) is 29.8 Å². The Morgan fingerprint density at radius 3 is 2.25 bits per heavy atom. The summed E-state index contributed by atoms with van der Waals surface area (Å²) in [7, 11) is 1.77. The smallest absolute Gasteiger partial charge is 0.201 e. The third kappa shape index (κ3) is 4.89. The lowest BCUT2D eigenvalue weighted by Gasteiger charge is -2.34. The summed E-state index contributed by atoms with van der Waals surface area (Å²) in [5.41, 5.74) is 5.35. The number of aromatic nitrogens is 1. The van der Waals surface area contributed by atoms with Crippen molar-refractivity contribution in [3.63, 3.8) is 0 Å². The van der Waals surface area contributed by atoms with Gasteiger partial charge in [-0.05, 0) is 103 Å². The molecule has 1 fully saturated rings. The van der Waals surface area contributed by atoms with Crippen molar-refractivity contribution in [1.29, 1.82) is 0 Å². The van der Waals surface area contributed by atoms with Gasteiger partial charge in [-0.25, -0.2) is 4.57 Å². The van der Waals surface area contributed by atoms with Gasteiger partial charge in [-0.2, -0.15) is 0 Å². The van der Waals surface area contributed by atoms with Crippen molar-refractivity contribution in [2.24, 2.45) is 12.5 Å². The Balaban J connectivity index is 1.65. The summed E-state index contributed by atoms with van der Waals surface area (Å²) >= 11 is 0. The predicted octanol–water partition coefficient (Wildman–Crippen LogP) is 9.12. The average molecular weight is 483 g/mol. The predicted molar refractivity (Wildman–Crippen MR) is 153 cm³/mol. The van der Waals surface area contributed by atoms with Gasteiger partial charge in [0.25, 0.3) is 0 Å². The monoisotopic (exact) mass is 482 g/mol. The second-order valence-corrected chi connectivity index (χ2v) is 10.9. The minimum Gasteiger partial charge on any atom is -0.201 e. The first-order chi connectivity index (χ1) is 20.4. The third-order valence-electron chi connectivity index (χ3n) is 7.74. The normalized spacial score (nSPS) is 20.6. The first-order valence-electron chi connectivity index (χ1n) is 16.8. The summed E-state index contributed by atoms with van der Waals surface area (Å²) in [6, 6.07) is 20.3. The quantitative estimate of drug-likeness (QED) is 0.255. The van der Waals surface area contributed by atoms with Crippen LogP contribution >= 0.6 is 0 Å². The highest BCUT2D eigenvalue weighted by Gasteiger charge is 2.27. The van der Waals surface area contributed by atoms with Crippen LogP contribution in [0.4, 0.5) is 0 Å².